The fraction of sp³-hybridized carbons (Fsp3) is 0.462. The molecule has 0 heterocycles. The lowest BCUT2D eigenvalue weighted by Crippen LogP contribution is -2.26. The molecule has 1 N–H and O–H groups in total. The Morgan fingerprint density at radius 2 is 2.22 bits per heavy atom. The number of amides is 1. The lowest BCUT2D eigenvalue weighted by Gasteiger charge is -2.07. The fourth-order valence-corrected chi connectivity index (χ4v) is 1.76. The molecule has 0 radical (unpaired) electrons. The number of halogens is 2. The molecular formula is C13H17BrFNO2. The number of ether oxygens (including phenoxy) is 1. The first-order valence-electron chi connectivity index (χ1n) is 5.96. The maximum Gasteiger partial charge on any atom is 0.254 e. The quantitative estimate of drug-likeness (QED) is 0.785. The minimum Gasteiger partial charge on any atom is -0.381 e. The first-order valence-corrected chi connectivity index (χ1v) is 6.76. The highest BCUT2D eigenvalue weighted by atomic mass is 79.9. The van der Waals surface area contributed by atoms with Crippen LogP contribution >= 0.6 is 15.9 Å². The Kier molecular flexibility index (Phi) is 6.90. The molecule has 0 aliphatic rings. The highest BCUT2D eigenvalue weighted by Gasteiger charge is 2.12. The zero-order valence-corrected chi connectivity index (χ0v) is 11.9. The van der Waals surface area contributed by atoms with Crippen molar-refractivity contribution in [3.63, 3.8) is 0 Å². The van der Waals surface area contributed by atoms with Gasteiger partial charge < -0.3 is 10.1 Å². The zero-order valence-electron chi connectivity index (χ0n) is 10.3. The summed E-state index contributed by atoms with van der Waals surface area (Å²) in [6.07, 6.45) is 1.71. The summed E-state index contributed by atoms with van der Waals surface area (Å²) < 4.78 is 19.2. The summed E-state index contributed by atoms with van der Waals surface area (Å²) in [7, 11) is 0. The average molecular weight is 318 g/mol. The largest absolute Gasteiger partial charge is 0.381 e. The maximum absolute atomic E-state index is 13.6. The van der Waals surface area contributed by atoms with Gasteiger partial charge in [0.15, 0.2) is 0 Å². The van der Waals surface area contributed by atoms with E-state index in [-0.39, 0.29) is 5.56 Å². The van der Waals surface area contributed by atoms with Gasteiger partial charge in [0.2, 0.25) is 0 Å². The van der Waals surface area contributed by atoms with Crippen molar-refractivity contribution in [2.24, 2.45) is 0 Å². The van der Waals surface area contributed by atoms with Gasteiger partial charge in [0.25, 0.3) is 5.91 Å². The number of hydrogen-bond donors (Lipinski definition) is 1. The topological polar surface area (TPSA) is 38.3 Å². The van der Waals surface area contributed by atoms with Gasteiger partial charge in [0.05, 0.1) is 10.0 Å². The second-order valence-corrected chi connectivity index (χ2v) is 4.68. The van der Waals surface area contributed by atoms with Crippen LogP contribution in [-0.4, -0.2) is 25.7 Å². The summed E-state index contributed by atoms with van der Waals surface area (Å²) >= 11 is 3.05. The van der Waals surface area contributed by atoms with Crippen LogP contribution in [0.3, 0.4) is 0 Å². The van der Waals surface area contributed by atoms with E-state index < -0.39 is 11.7 Å². The predicted octanol–water partition coefficient (Wildman–Crippen LogP) is 3.13. The van der Waals surface area contributed by atoms with Crippen molar-refractivity contribution in [2.45, 2.75) is 19.8 Å². The fourth-order valence-electron chi connectivity index (χ4n) is 1.40. The second kappa shape index (κ2) is 8.21. The van der Waals surface area contributed by atoms with Gasteiger partial charge in [-0.2, -0.15) is 0 Å². The molecule has 0 spiro atoms. The maximum atomic E-state index is 13.6. The third kappa shape index (κ3) is 4.74. The smallest absolute Gasteiger partial charge is 0.254 e. The summed E-state index contributed by atoms with van der Waals surface area (Å²) in [6.45, 7) is 3.86. The highest BCUT2D eigenvalue weighted by Crippen LogP contribution is 2.18. The summed E-state index contributed by atoms with van der Waals surface area (Å²) in [5.74, 6) is -0.929. The van der Waals surface area contributed by atoms with E-state index in [0.29, 0.717) is 17.6 Å². The summed E-state index contributed by atoms with van der Waals surface area (Å²) in [6, 6.07) is 4.65. The van der Waals surface area contributed by atoms with Crippen LogP contribution in [0.25, 0.3) is 0 Å². The van der Waals surface area contributed by atoms with Crippen LogP contribution in [0.4, 0.5) is 4.39 Å². The number of benzene rings is 1. The predicted molar refractivity (Wildman–Crippen MR) is 72.2 cm³/mol. The first-order chi connectivity index (χ1) is 8.66. The molecule has 100 valence electrons. The molecule has 0 aromatic heterocycles. The van der Waals surface area contributed by atoms with Crippen LogP contribution in [0.1, 0.15) is 30.1 Å². The van der Waals surface area contributed by atoms with Crippen LogP contribution in [0, 0.1) is 5.82 Å². The number of carbonyl (C=O) groups is 1. The molecule has 0 unspecified atom stereocenters. The summed E-state index contributed by atoms with van der Waals surface area (Å²) in [5.41, 5.74) is 0.0545. The minimum absolute atomic E-state index is 0.0545. The van der Waals surface area contributed by atoms with E-state index in [9.17, 15) is 9.18 Å². The second-order valence-electron chi connectivity index (χ2n) is 3.82. The van der Waals surface area contributed by atoms with Crippen LogP contribution < -0.4 is 5.32 Å². The van der Waals surface area contributed by atoms with E-state index in [0.717, 1.165) is 19.4 Å². The van der Waals surface area contributed by atoms with Crippen LogP contribution in [0.2, 0.25) is 0 Å². The molecule has 1 aromatic rings. The summed E-state index contributed by atoms with van der Waals surface area (Å²) in [4.78, 5) is 11.7. The van der Waals surface area contributed by atoms with Gasteiger partial charge in [0, 0.05) is 19.8 Å². The van der Waals surface area contributed by atoms with E-state index >= 15 is 0 Å². The van der Waals surface area contributed by atoms with Crippen molar-refractivity contribution in [2.75, 3.05) is 19.8 Å². The number of rotatable bonds is 7. The third-order valence-electron chi connectivity index (χ3n) is 2.30. The van der Waals surface area contributed by atoms with E-state index in [4.69, 9.17) is 4.74 Å². The normalized spacial score (nSPS) is 10.4. The molecule has 5 heteroatoms. The molecule has 0 atom stereocenters. The molecule has 3 nitrogen and oxygen atoms in total. The van der Waals surface area contributed by atoms with Gasteiger partial charge in [-0.3, -0.25) is 4.79 Å². The van der Waals surface area contributed by atoms with Crippen LogP contribution in [0.5, 0.6) is 0 Å². The van der Waals surface area contributed by atoms with Gasteiger partial charge in [-0.1, -0.05) is 13.0 Å². The minimum atomic E-state index is -0.530. The molecule has 1 amide bonds. The van der Waals surface area contributed by atoms with E-state index in [1.165, 1.54) is 6.07 Å². The van der Waals surface area contributed by atoms with Gasteiger partial charge in [-0.05, 0) is 40.9 Å². The van der Waals surface area contributed by atoms with E-state index in [1.54, 1.807) is 12.1 Å². The van der Waals surface area contributed by atoms with Gasteiger partial charge in [0.1, 0.15) is 5.82 Å². The van der Waals surface area contributed by atoms with Gasteiger partial charge >= 0.3 is 0 Å². The molecule has 0 fully saturated rings. The zero-order chi connectivity index (χ0) is 13.4. The van der Waals surface area contributed by atoms with Crippen molar-refractivity contribution >= 4 is 21.8 Å². The van der Waals surface area contributed by atoms with Crippen molar-refractivity contribution in [1.82, 2.24) is 5.32 Å². The molecule has 0 bridgehead atoms. The molecule has 0 saturated heterocycles. The van der Waals surface area contributed by atoms with Gasteiger partial charge in [-0.15, -0.1) is 0 Å². The Balaban J connectivity index is 2.35. The molecular weight excluding hydrogens is 301 g/mol. The standard InChI is InChI=1S/C13H17BrFNO2/c1-2-8-18-9-4-7-16-13(17)10-5-3-6-11(14)12(10)15/h3,5-6H,2,4,7-9H2,1H3,(H,16,17). The van der Waals surface area contributed by atoms with Gasteiger partial charge in [-0.25, -0.2) is 4.39 Å². The van der Waals surface area contributed by atoms with E-state index in [2.05, 4.69) is 21.2 Å². The molecule has 0 aliphatic heterocycles. The first kappa shape index (κ1) is 15.1. The SMILES string of the molecule is CCCOCCCNC(=O)c1cccc(Br)c1F. The Morgan fingerprint density at radius 1 is 1.44 bits per heavy atom. The van der Waals surface area contributed by atoms with Crippen LogP contribution in [-0.2, 0) is 4.74 Å². The molecule has 1 rings (SSSR count). The number of carbonyl (C=O) groups excluding carboxylic acids is 1. The Morgan fingerprint density at radius 3 is 2.94 bits per heavy atom. The molecule has 1 aromatic carbocycles. The number of hydrogen-bond acceptors (Lipinski definition) is 2. The van der Waals surface area contributed by atoms with Crippen molar-refractivity contribution in [1.29, 1.82) is 0 Å². The Bertz CT molecular complexity index is 399. The lowest BCUT2D eigenvalue weighted by atomic mass is 10.2. The molecule has 0 aliphatic carbocycles. The van der Waals surface area contributed by atoms with Crippen molar-refractivity contribution < 1.29 is 13.9 Å². The summed E-state index contributed by atoms with van der Waals surface area (Å²) in [5, 5.41) is 2.66. The van der Waals surface area contributed by atoms with Crippen LogP contribution in [0.15, 0.2) is 22.7 Å². The number of nitrogens with one attached hydrogen (secondary N) is 1. The monoisotopic (exact) mass is 317 g/mol. The molecule has 18 heavy (non-hydrogen) atoms. The van der Waals surface area contributed by atoms with Crippen molar-refractivity contribution in [3.05, 3.63) is 34.1 Å². The van der Waals surface area contributed by atoms with E-state index in [1.807, 2.05) is 6.92 Å². The third-order valence-corrected chi connectivity index (χ3v) is 2.91. The Hall–Kier alpha value is -0.940. The van der Waals surface area contributed by atoms with Crippen molar-refractivity contribution in [3.8, 4) is 0 Å². The lowest BCUT2D eigenvalue weighted by molar-refractivity contribution is 0.0937. The average Bonchev–Trinajstić information content (AvgIpc) is 2.36. The Labute approximate surface area is 115 Å². The highest BCUT2D eigenvalue weighted by molar-refractivity contribution is 9.10. The molecule has 0 saturated carbocycles.